The quantitative estimate of drug-likeness (QED) is 0.401. The van der Waals surface area contributed by atoms with E-state index >= 15 is 0 Å². The molecule has 72 valence electrons. The van der Waals surface area contributed by atoms with Crippen molar-refractivity contribution in [3.63, 3.8) is 0 Å². The molecule has 0 aliphatic carbocycles. The second-order valence-electron chi connectivity index (χ2n) is 2.32. The number of rotatable bonds is 3. The Morgan fingerprint density at radius 2 is 2.00 bits per heavy atom. The molecule has 0 aromatic heterocycles. The van der Waals surface area contributed by atoms with Crippen LogP contribution in [-0.4, -0.2) is 23.1 Å². The molecule has 0 saturated carbocycles. The fourth-order valence-corrected chi connectivity index (χ4v) is 0.893. The van der Waals surface area contributed by atoms with Gasteiger partial charge in [0.15, 0.2) is 0 Å². The molecular formula is C9H10BrMgNO2. The maximum atomic E-state index is 11.1. The zero-order chi connectivity index (χ0) is 8.97. The van der Waals surface area contributed by atoms with Crippen LogP contribution in [0.15, 0.2) is 37.1 Å². The molecular weight excluding hydrogens is 258 g/mol. The zero-order valence-corrected chi connectivity index (χ0v) is 10.9. The molecule has 14 heavy (non-hydrogen) atoms. The zero-order valence-electron chi connectivity index (χ0n) is 7.94. The van der Waals surface area contributed by atoms with Crippen LogP contribution >= 0.6 is 0 Å². The standard InChI is InChI=1S/C9H10NO2.BrH.Mg/c1-3-12-10(11)9-7-5-4-6-8(9)2;;/h3-7H,1H2,2H3;1H;/q-1;;+2/p-1. The van der Waals surface area contributed by atoms with E-state index < -0.39 is 0 Å². The van der Waals surface area contributed by atoms with E-state index in [2.05, 4.69) is 11.4 Å². The Morgan fingerprint density at radius 3 is 2.50 bits per heavy atom. The minimum Gasteiger partial charge on any atom is -1.00 e. The fourth-order valence-electron chi connectivity index (χ4n) is 0.893. The average Bonchev–Trinajstić information content (AvgIpc) is 2.05. The van der Waals surface area contributed by atoms with Crippen molar-refractivity contribution in [1.29, 1.82) is 0 Å². The minimum atomic E-state index is 0. The summed E-state index contributed by atoms with van der Waals surface area (Å²) in [5, 5.41) is 11.5. The van der Waals surface area contributed by atoms with Gasteiger partial charge in [-0.05, 0) is 18.6 Å². The van der Waals surface area contributed by atoms with Crippen LogP contribution in [0.25, 0.3) is 0 Å². The second kappa shape index (κ2) is 8.11. The first-order chi connectivity index (χ1) is 5.75. The number of nitrogens with zero attached hydrogens (tertiary/aromatic N) is 1. The molecule has 0 saturated heterocycles. The average molecular weight is 268 g/mol. The summed E-state index contributed by atoms with van der Waals surface area (Å²) in [5.41, 5.74) is 1.37. The molecule has 0 amide bonds. The molecule has 0 aliphatic rings. The summed E-state index contributed by atoms with van der Waals surface area (Å²) in [6.07, 6.45) is 1.10. The van der Waals surface area contributed by atoms with Crippen molar-refractivity contribution in [2.75, 3.05) is 5.23 Å². The molecule has 0 N–H and O–H groups in total. The maximum absolute atomic E-state index is 11.1. The molecule has 0 spiro atoms. The van der Waals surface area contributed by atoms with Gasteiger partial charge in [-0.15, -0.1) is 0 Å². The monoisotopic (exact) mass is 267 g/mol. The van der Waals surface area contributed by atoms with Crippen molar-refractivity contribution in [2.24, 2.45) is 0 Å². The van der Waals surface area contributed by atoms with Gasteiger partial charge in [-0.3, -0.25) is 5.23 Å². The van der Waals surface area contributed by atoms with E-state index in [0.29, 0.717) is 10.9 Å². The Hall–Kier alpha value is -0.234. The van der Waals surface area contributed by atoms with E-state index in [1.165, 1.54) is 0 Å². The smallest absolute Gasteiger partial charge is 1.00 e. The number of halogens is 1. The first-order valence-corrected chi connectivity index (χ1v) is 3.56. The summed E-state index contributed by atoms with van der Waals surface area (Å²) >= 11 is 0. The Labute approximate surface area is 110 Å². The molecule has 0 atom stereocenters. The summed E-state index contributed by atoms with van der Waals surface area (Å²) in [6, 6.07) is 7.17. The molecule has 0 unspecified atom stereocenters. The third-order valence-corrected chi connectivity index (χ3v) is 1.48. The fraction of sp³-hybridized carbons (Fsp3) is 0.111. The second-order valence-corrected chi connectivity index (χ2v) is 2.32. The number of aryl methyl sites for hydroxylation is 1. The third-order valence-electron chi connectivity index (χ3n) is 1.48. The Morgan fingerprint density at radius 1 is 1.43 bits per heavy atom. The van der Waals surface area contributed by atoms with Gasteiger partial charge >= 0.3 is 23.1 Å². The van der Waals surface area contributed by atoms with Crippen molar-refractivity contribution in [1.82, 2.24) is 0 Å². The molecule has 1 aromatic rings. The molecule has 1 aromatic carbocycles. The van der Waals surface area contributed by atoms with E-state index in [9.17, 15) is 5.21 Å². The van der Waals surface area contributed by atoms with E-state index in [-0.39, 0.29) is 40.0 Å². The van der Waals surface area contributed by atoms with Crippen molar-refractivity contribution in [3.8, 4) is 0 Å². The number of anilines is 1. The van der Waals surface area contributed by atoms with Crippen LogP contribution in [0.1, 0.15) is 5.56 Å². The number of benzene rings is 1. The molecule has 1 rings (SSSR count). The SMILES string of the molecule is C=CON([O-])c1ccccc1C.[Br-].[Mg+2]. The van der Waals surface area contributed by atoms with Gasteiger partial charge in [0, 0.05) is 0 Å². The summed E-state index contributed by atoms with van der Waals surface area (Å²) in [7, 11) is 0. The van der Waals surface area contributed by atoms with Gasteiger partial charge in [0.1, 0.15) is 6.26 Å². The van der Waals surface area contributed by atoms with Crippen LogP contribution in [0.4, 0.5) is 5.69 Å². The summed E-state index contributed by atoms with van der Waals surface area (Å²) in [4.78, 5) is 4.55. The minimum absolute atomic E-state index is 0. The topological polar surface area (TPSA) is 35.5 Å². The number of hydrogen-bond acceptors (Lipinski definition) is 3. The summed E-state index contributed by atoms with van der Waals surface area (Å²) in [6.45, 7) is 5.13. The Bertz CT molecular complexity index is 283. The maximum Gasteiger partial charge on any atom is 2.00 e. The third kappa shape index (κ3) is 4.32. The first-order valence-electron chi connectivity index (χ1n) is 3.56. The van der Waals surface area contributed by atoms with Crippen LogP contribution in [0.5, 0.6) is 0 Å². The van der Waals surface area contributed by atoms with Crippen molar-refractivity contribution in [2.45, 2.75) is 6.92 Å². The molecule has 0 fully saturated rings. The van der Waals surface area contributed by atoms with E-state index in [1.54, 1.807) is 12.1 Å². The number of para-hydroxylation sites is 1. The molecule has 0 heterocycles. The summed E-state index contributed by atoms with van der Waals surface area (Å²) in [5.74, 6) is 0. The van der Waals surface area contributed by atoms with Crippen LogP contribution in [0.2, 0.25) is 0 Å². The van der Waals surface area contributed by atoms with Gasteiger partial charge in [0.25, 0.3) is 0 Å². The van der Waals surface area contributed by atoms with Gasteiger partial charge in [-0.25, -0.2) is 0 Å². The van der Waals surface area contributed by atoms with Gasteiger partial charge < -0.3 is 27.0 Å². The Kier molecular flexibility index (Phi) is 9.38. The van der Waals surface area contributed by atoms with Crippen molar-refractivity contribution < 1.29 is 21.8 Å². The molecule has 5 heteroatoms. The van der Waals surface area contributed by atoms with Gasteiger partial charge in [-0.1, -0.05) is 24.8 Å². The predicted molar refractivity (Wildman–Crippen MR) is 54.1 cm³/mol. The largest absolute Gasteiger partial charge is 2.00 e. The van der Waals surface area contributed by atoms with E-state index in [0.717, 1.165) is 11.8 Å². The van der Waals surface area contributed by atoms with Gasteiger partial charge in [-0.2, -0.15) is 0 Å². The van der Waals surface area contributed by atoms with Gasteiger partial charge in [0.05, 0.1) is 5.69 Å². The van der Waals surface area contributed by atoms with Crippen molar-refractivity contribution >= 4 is 28.7 Å². The normalized spacial score (nSPS) is 7.86. The van der Waals surface area contributed by atoms with Crippen LogP contribution in [-0.2, 0) is 4.84 Å². The molecule has 0 radical (unpaired) electrons. The first kappa shape index (κ1) is 16.2. The van der Waals surface area contributed by atoms with Crippen LogP contribution in [0.3, 0.4) is 0 Å². The van der Waals surface area contributed by atoms with E-state index in [1.807, 2.05) is 19.1 Å². The van der Waals surface area contributed by atoms with Crippen molar-refractivity contribution in [3.05, 3.63) is 47.9 Å². The molecule has 0 bridgehead atoms. The van der Waals surface area contributed by atoms with Crippen LogP contribution in [0, 0.1) is 12.1 Å². The van der Waals surface area contributed by atoms with Gasteiger partial charge in [0.2, 0.25) is 0 Å². The Balaban J connectivity index is 0. The number of hydrogen-bond donors (Lipinski definition) is 0. The summed E-state index contributed by atoms with van der Waals surface area (Å²) < 4.78 is 0. The molecule has 3 nitrogen and oxygen atoms in total. The van der Waals surface area contributed by atoms with Crippen LogP contribution < -0.4 is 22.2 Å². The predicted octanol–water partition coefficient (Wildman–Crippen LogP) is -1.00. The molecule has 0 aliphatic heterocycles. The van der Waals surface area contributed by atoms with E-state index in [4.69, 9.17) is 0 Å².